The van der Waals surface area contributed by atoms with Crippen LogP contribution in [0.25, 0.3) is 0 Å². The average Bonchev–Trinajstić information content (AvgIpc) is 3.23. The maximum Gasteiger partial charge on any atom is 0.243 e. The van der Waals surface area contributed by atoms with Gasteiger partial charge in [0.2, 0.25) is 15.9 Å². The number of benzene rings is 2. The molecule has 1 fully saturated rings. The first-order chi connectivity index (χ1) is 13.8. The zero-order valence-electron chi connectivity index (χ0n) is 16.6. The van der Waals surface area contributed by atoms with Crippen LogP contribution in [0, 0.1) is 11.3 Å². The Morgan fingerprint density at radius 2 is 1.97 bits per heavy atom. The molecule has 3 rings (SSSR count). The van der Waals surface area contributed by atoms with Crippen molar-refractivity contribution in [1.29, 1.82) is 5.26 Å². The number of nitriles is 1. The van der Waals surface area contributed by atoms with E-state index in [4.69, 9.17) is 0 Å². The van der Waals surface area contributed by atoms with E-state index in [1.165, 1.54) is 4.31 Å². The van der Waals surface area contributed by atoms with Crippen molar-refractivity contribution in [3.63, 3.8) is 0 Å². The van der Waals surface area contributed by atoms with Gasteiger partial charge in [0.25, 0.3) is 0 Å². The molecule has 0 aliphatic carbocycles. The van der Waals surface area contributed by atoms with E-state index in [0.29, 0.717) is 31.5 Å². The Kier molecular flexibility index (Phi) is 6.36. The molecule has 2 aromatic rings. The Morgan fingerprint density at radius 1 is 1.24 bits per heavy atom. The third-order valence-corrected chi connectivity index (χ3v) is 7.10. The summed E-state index contributed by atoms with van der Waals surface area (Å²) in [5.41, 5.74) is 2.45. The summed E-state index contributed by atoms with van der Waals surface area (Å²) in [5.74, 6) is -0.0981. The second kappa shape index (κ2) is 8.76. The molecule has 0 bridgehead atoms. The van der Waals surface area contributed by atoms with Gasteiger partial charge in [-0.1, -0.05) is 44.2 Å². The fraction of sp³-hybridized carbons (Fsp3) is 0.364. The number of nitrogens with one attached hydrogen (secondary N) is 1. The van der Waals surface area contributed by atoms with E-state index in [1.807, 2.05) is 26.0 Å². The van der Waals surface area contributed by atoms with Crippen LogP contribution in [0.3, 0.4) is 0 Å². The van der Waals surface area contributed by atoms with Crippen LogP contribution in [-0.2, 0) is 21.4 Å². The highest BCUT2D eigenvalue weighted by molar-refractivity contribution is 7.89. The van der Waals surface area contributed by atoms with Crippen molar-refractivity contribution < 1.29 is 13.2 Å². The monoisotopic (exact) mass is 411 g/mol. The summed E-state index contributed by atoms with van der Waals surface area (Å²) in [6.07, 6.45) is 1.15. The summed E-state index contributed by atoms with van der Waals surface area (Å²) in [7, 11) is -3.71. The lowest BCUT2D eigenvalue weighted by Crippen LogP contribution is -2.45. The molecule has 1 aliphatic rings. The van der Waals surface area contributed by atoms with Crippen molar-refractivity contribution in [2.75, 3.05) is 6.54 Å². The predicted molar refractivity (Wildman–Crippen MR) is 110 cm³/mol. The predicted octanol–water partition coefficient (Wildman–Crippen LogP) is 3.15. The van der Waals surface area contributed by atoms with Crippen LogP contribution in [0.5, 0.6) is 0 Å². The van der Waals surface area contributed by atoms with Gasteiger partial charge >= 0.3 is 0 Å². The number of hydrogen-bond acceptors (Lipinski definition) is 4. The topological polar surface area (TPSA) is 90.3 Å². The van der Waals surface area contributed by atoms with E-state index >= 15 is 0 Å². The molecular formula is C22H25N3O3S. The number of sulfonamides is 1. The molecule has 0 aromatic heterocycles. The van der Waals surface area contributed by atoms with Gasteiger partial charge in [-0.15, -0.1) is 0 Å². The van der Waals surface area contributed by atoms with Crippen molar-refractivity contribution in [3.8, 4) is 6.07 Å². The minimum absolute atomic E-state index is 0.196. The second-order valence-corrected chi connectivity index (χ2v) is 9.38. The molecule has 1 saturated heterocycles. The van der Waals surface area contributed by atoms with Crippen molar-refractivity contribution in [2.24, 2.45) is 0 Å². The van der Waals surface area contributed by atoms with Crippen molar-refractivity contribution in [3.05, 3.63) is 65.2 Å². The third kappa shape index (κ3) is 4.50. The highest BCUT2D eigenvalue weighted by Crippen LogP contribution is 2.26. The number of carbonyl (C=O) groups is 1. The largest absolute Gasteiger partial charge is 0.351 e. The number of amides is 1. The van der Waals surface area contributed by atoms with E-state index in [1.54, 1.807) is 36.4 Å². The molecule has 1 unspecified atom stereocenters. The summed E-state index contributed by atoms with van der Waals surface area (Å²) >= 11 is 0. The maximum absolute atomic E-state index is 12.9. The van der Waals surface area contributed by atoms with Gasteiger partial charge in [-0.2, -0.15) is 9.57 Å². The zero-order chi connectivity index (χ0) is 21.0. The third-order valence-electron chi connectivity index (χ3n) is 5.18. The molecule has 1 N–H and O–H groups in total. The Balaban J connectivity index is 1.72. The van der Waals surface area contributed by atoms with E-state index in [-0.39, 0.29) is 16.7 Å². The fourth-order valence-electron chi connectivity index (χ4n) is 3.63. The molecule has 1 atom stereocenters. The number of rotatable bonds is 6. The minimum Gasteiger partial charge on any atom is -0.351 e. The van der Waals surface area contributed by atoms with Gasteiger partial charge in [-0.05, 0) is 48.1 Å². The molecule has 0 saturated carbocycles. The standard InChI is InChI=1S/C22H25N3O3S/c1-16(2)20-13-17(10-11-18(20)14-23)15-24-22(26)21-9-6-12-25(21)29(27,28)19-7-4-3-5-8-19/h3-5,7-8,10-11,13,16,21H,6,9,12,15H2,1-2H3,(H,24,26). The first kappa shape index (κ1) is 21.0. The zero-order valence-corrected chi connectivity index (χ0v) is 17.4. The molecule has 29 heavy (non-hydrogen) atoms. The first-order valence-corrected chi connectivity index (χ1v) is 11.2. The first-order valence-electron chi connectivity index (χ1n) is 9.72. The Bertz CT molecular complexity index is 1030. The van der Waals surface area contributed by atoms with Crippen LogP contribution in [0.15, 0.2) is 53.4 Å². The van der Waals surface area contributed by atoms with Crippen LogP contribution < -0.4 is 5.32 Å². The normalized spacial score (nSPS) is 17.2. The fourth-order valence-corrected chi connectivity index (χ4v) is 5.30. The molecule has 2 aromatic carbocycles. The molecule has 7 heteroatoms. The summed E-state index contributed by atoms with van der Waals surface area (Å²) in [5, 5.41) is 12.1. The van der Waals surface area contributed by atoms with Gasteiger partial charge in [-0.3, -0.25) is 4.79 Å². The molecule has 6 nitrogen and oxygen atoms in total. The highest BCUT2D eigenvalue weighted by Gasteiger charge is 2.39. The Morgan fingerprint density at radius 3 is 2.62 bits per heavy atom. The Hall–Kier alpha value is -2.69. The molecular weight excluding hydrogens is 386 g/mol. The highest BCUT2D eigenvalue weighted by atomic mass is 32.2. The van der Waals surface area contributed by atoms with Crippen molar-refractivity contribution in [2.45, 2.75) is 50.1 Å². The van der Waals surface area contributed by atoms with E-state index in [2.05, 4.69) is 11.4 Å². The van der Waals surface area contributed by atoms with Crippen LogP contribution in [0.2, 0.25) is 0 Å². The van der Waals surface area contributed by atoms with Crippen molar-refractivity contribution >= 4 is 15.9 Å². The number of nitrogens with zero attached hydrogens (tertiary/aromatic N) is 2. The lowest BCUT2D eigenvalue weighted by atomic mass is 9.95. The summed E-state index contributed by atoms with van der Waals surface area (Å²) < 4.78 is 27.2. The Labute approximate surface area is 172 Å². The second-order valence-electron chi connectivity index (χ2n) is 7.49. The van der Waals surface area contributed by atoms with E-state index in [9.17, 15) is 18.5 Å². The summed E-state index contributed by atoms with van der Waals surface area (Å²) in [6, 6.07) is 15.2. The van der Waals surface area contributed by atoms with Gasteiger partial charge in [-0.25, -0.2) is 8.42 Å². The minimum atomic E-state index is -3.71. The molecule has 0 radical (unpaired) electrons. The van der Waals surface area contributed by atoms with Crippen LogP contribution in [0.1, 0.15) is 49.3 Å². The van der Waals surface area contributed by atoms with Crippen molar-refractivity contribution in [1.82, 2.24) is 9.62 Å². The van der Waals surface area contributed by atoms with E-state index in [0.717, 1.165) is 11.1 Å². The smallest absolute Gasteiger partial charge is 0.243 e. The number of hydrogen-bond donors (Lipinski definition) is 1. The lowest BCUT2D eigenvalue weighted by molar-refractivity contribution is -0.124. The average molecular weight is 412 g/mol. The molecule has 1 amide bonds. The van der Waals surface area contributed by atoms with Crippen LogP contribution >= 0.6 is 0 Å². The maximum atomic E-state index is 12.9. The summed E-state index contributed by atoms with van der Waals surface area (Å²) in [6.45, 7) is 4.66. The number of carbonyl (C=O) groups excluding carboxylic acids is 1. The van der Waals surface area contributed by atoms with Crippen LogP contribution in [0.4, 0.5) is 0 Å². The van der Waals surface area contributed by atoms with Crippen LogP contribution in [-0.4, -0.2) is 31.2 Å². The van der Waals surface area contributed by atoms with Gasteiger partial charge in [0.05, 0.1) is 16.5 Å². The summed E-state index contributed by atoms with van der Waals surface area (Å²) in [4.78, 5) is 13.0. The molecule has 152 valence electrons. The van der Waals surface area contributed by atoms with Gasteiger partial charge in [0.1, 0.15) is 6.04 Å². The van der Waals surface area contributed by atoms with E-state index < -0.39 is 16.1 Å². The SMILES string of the molecule is CC(C)c1cc(CNC(=O)C2CCCN2S(=O)(=O)c2ccccc2)ccc1C#N. The molecule has 1 heterocycles. The van der Waals surface area contributed by atoms with Gasteiger partial charge in [0, 0.05) is 13.1 Å². The quantitative estimate of drug-likeness (QED) is 0.791. The lowest BCUT2D eigenvalue weighted by Gasteiger charge is -2.23. The van der Waals surface area contributed by atoms with Gasteiger partial charge < -0.3 is 5.32 Å². The molecule has 0 spiro atoms. The molecule has 1 aliphatic heterocycles. The van der Waals surface area contributed by atoms with Gasteiger partial charge in [0.15, 0.2) is 0 Å².